The first kappa shape index (κ1) is 16.5. The van der Waals surface area contributed by atoms with Crippen molar-refractivity contribution < 1.29 is 24.1 Å². The van der Waals surface area contributed by atoms with Crippen LogP contribution in [0.25, 0.3) is 0 Å². The Morgan fingerprint density at radius 1 is 1.38 bits per heavy atom. The van der Waals surface area contributed by atoms with E-state index in [2.05, 4.69) is 5.32 Å². The third-order valence-corrected chi connectivity index (χ3v) is 4.08. The summed E-state index contributed by atoms with van der Waals surface area (Å²) in [4.78, 5) is 12.0. The smallest absolute Gasteiger partial charge is 0.407 e. The van der Waals surface area contributed by atoms with Gasteiger partial charge in [0.15, 0.2) is 5.79 Å². The number of nitrogens with one attached hydrogen (secondary N) is 1. The van der Waals surface area contributed by atoms with Crippen molar-refractivity contribution >= 4 is 6.09 Å². The summed E-state index contributed by atoms with van der Waals surface area (Å²) in [5, 5.41) is 12.5. The van der Waals surface area contributed by atoms with Crippen LogP contribution >= 0.6 is 0 Å². The molecule has 0 aromatic heterocycles. The molecule has 2 fully saturated rings. The van der Waals surface area contributed by atoms with Crippen molar-refractivity contribution in [1.82, 2.24) is 5.32 Å². The van der Waals surface area contributed by atoms with Crippen molar-refractivity contribution in [3.63, 3.8) is 0 Å². The molecular weight excluding hydrogens is 274 g/mol. The number of amides is 1. The van der Waals surface area contributed by atoms with Crippen molar-refractivity contribution in [3.8, 4) is 0 Å². The van der Waals surface area contributed by atoms with Crippen molar-refractivity contribution in [2.75, 3.05) is 6.61 Å². The molecule has 0 aromatic rings. The highest BCUT2D eigenvalue weighted by molar-refractivity contribution is 5.68. The molecule has 6 heteroatoms. The Balaban J connectivity index is 2.10. The van der Waals surface area contributed by atoms with E-state index in [9.17, 15) is 9.90 Å². The van der Waals surface area contributed by atoms with Crippen molar-refractivity contribution in [2.45, 2.75) is 77.1 Å². The van der Waals surface area contributed by atoms with Gasteiger partial charge < -0.3 is 24.6 Å². The van der Waals surface area contributed by atoms with Crippen LogP contribution in [0.1, 0.15) is 48.0 Å². The molecule has 0 unspecified atom stereocenters. The van der Waals surface area contributed by atoms with Crippen LogP contribution in [0.5, 0.6) is 0 Å². The van der Waals surface area contributed by atoms with Gasteiger partial charge >= 0.3 is 6.09 Å². The molecule has 1 saturated carbocycles. The maximum Gasteiger partial charge on any atom is 0.407 e. The molecule has 1 amide bonds. The number of ether oxygens (including phenoxy) is 3. The molecule has 0 bridgehead atoms. The highest BCUT2D eigenvalue weighted by Crippen LogP contribution is 2.49. The van der Waals surface area contributed by atoms with Gasteiger partial charge in [0.1, 0.15) is 17.3 Å². The summed E-state index contributed by atoms with van der Waals surface area (Å²) in [5.41, 5.74) is -1.15. The summed E-state index contributed by atoms with van der Waals surface area (Å²) in [7, 11) is 0. The second kappa shape index (κ2) is 5.11. The van der Waals surface area contributed by atoms with E-state index in [0.29, 0.717) is 6.42 Å². The van der Waals surface area contributed by atoms with E-state index in [-0.39, 0.29) is 24.7 Å². The van der Waals surface area contributed by atoms with Crippen LogP contribution in [0.4, 0.5) is 4.79 Å². The van der Waals surface area contributed by atoms with Crippen LogP contribution in [0.2, 0.25) is 0 Å². The topological polar surface area (TPSA) is 77.0 Å². The molecule has 1 aliphatic heterocycles. The predicted octanol–water partition coefficient (Wildman–Crippen LogP) is 1.80. The van der Waals surface area contributed by atoms with E-state index in [1.807, 2.05) is 41.5 Å². The second-order valence-electron chi connectivity index (χ2n) is 7.59. The lowest BCUT2D eigenvalue weighted by molar-refractivity contribution is -0.177. The van der Waals surface area contributed by atoms with Crippen LogP contribution in [-0.2, 0) is 14.2 Å². The molecule has 2 rings (SSSR count). The van der Waals surface area contributed by atoms with Crippen LogP contribution in [-0.4, -0.2) is 46.9 Å². The van der Waals surface area contributed by atoms with Gasteiger partial charge in [-0.15, -0.1) is 0 Å². The third kappa shape index (κ3) is 3.33. The maximum absolute atomic E-state index is 12.0. The Bertz CT molecular complexity index is 417. The van der Waals surface area contributed by atoms with Gasteiger partial charge in [-0.2, -0.15) is 0 Å². The minimum absolute atomic E-state index is 0.00105. The van der Waals surface area contributed by atoms with E-state index in [4.69, 9.17) is 14.2 Å². The first-order valence-corrected chi connectivity index (χ1v) is 7.45. The summed E-state index contributed by atoms with van der Waals surface area (Å²) < 4.78 is 17.2. The number of hydrogen-bond donors (Lipinski definition) is 2. The Kier molecular flexibility index (Phi) is 4.02. The monoisotopic (exact) mass is 301 g/mol. The number of carbonyl (C=O) groups is 1. The zero-order valence-corrected chi connectivity index (χ0v) is 13.7. The highest BCUT2D eigenvalue weighted by Gasteiger charge is 2.62. The molecule has 2 aliphatic rings. The standard InChI is InChI=1S/C15H27NO5/c1-13(2,3)20-12(18)16-10-7-9(8-17)15(6)11(10)19-14(4,5)21-15/h9-11,17H,7-8H2,1-6H3,(H,16,18)/t9-,10-,11+,15-/m1/s1. The first-order chi connectivity index (χ1) is 9.47. The summed E-state index contributed by atoms with van der Waals surface area (Å²) in [6.45, 7) is 11.1. The molecule has 2 N–H and O–H groups in total. The predicted molar refractivity (Wildman–Crippen MR) is 76.8 cm³/mol. The molecule has 6 nitrogen and oxygen atoms in total. The largest absolute Gasteiger partial charge is 0.444 e. The zero-order valence-electron chi connectivity index (χ0n) is 13.7. The quantitative estimate of drug-likeness (QED) is 0.813. The molecule has 0 spiro atoms. The SMILES string of the molecule is CC(C)(C)OC(=O)N[C@@H]1C[C@H](CO)[C@@]2(C)OC(C)(C)O[C@@H]12. The van der Waals surface area contributed by atoms with E-state index in [1.165, 1.54) is 0 Å². The summed E-state index contributed by atoms with van der Waals surface area (Å²) in [6, 6.07) is -0.233. The molecule has 4 atom stereocenters. The van der Waals surface area contributed by atoms with Gasteiger partial charge in [0.05, 0.1) is 6.04 Å². The lowest BCUT2D eigenvalue weighted by Gasteiger charge is -2.29. The van der Waals surface area contributed by atoms with E-state index in [0.717, 1.165) is 0 Å². The molecular formula is C15H27NO5. The Labute approximate surface area is 126 Å². The molecule has 1 aliphatic carbocycles. The van der Waals surface area contributed by atoms with Gasteiger partial charge in [-0.05, 0) is 48.0 Å². The van der Waals surface area contributed by atoms with Crippen molar-refractivity contribution in [1.29, 1.82) is 0 Å². The van der Waals surface area contributed by atoms with E-state index >= 15 is 0 Å². The summed E-state index contributed by atoms with van der Waals surface area (Å²) in [6.07, 6.45) is -0.161. The zero-order chi connectivity index (χ0) is 16.1. The maximum atomic E-state index is 12.0. The van der Waals surface area contributed by atoms with Gasteiger partial charge in [0.25, 0.3) is 0 Å². The number of carbonyl (C=O) groups excluding carboxylic acids is 1. The average molecular weight is 301 g/mol. The summed E-state index contributed by atoms with van der Waals surface area (Å²) >= 11 is 0. The normalized spacial score (nSPS) is 38.1. The number of alkyl carbamates (subject to hydrolysis) is 1. The lowest BCUT2D eigenvalue weighted by atomic mass is 9.92. The number of aliphatic hydroxyl groups is 1. The van der Waals surface area contributed by atoms with Gasteiger partial charge in [-0.25, -0.2) is 4.79 Å². The minimum atomic E-state index is -0.721. The van der Waals surface area contributed by atoms with E-state index < -0.39 is 23.1 Å². The van der Waals surface area contributed by atoms with Crippen LogP contribution < -0.4 is 5.32 Å². The molecule has 1 saturated heterocycles. The lowest BCUT2D eigenvalue weighted by Crippen LogP contribution is -2.48. The fourth-order valence-corrected chi connectivity index (χ4v) is 3.35. The van der Waals surface area contributed by atoms with Gasteiger partial charge in [0.2, 0.25) is 0 Å². The van der Waals surface area contributed by atoms with E-state index in [1.54, 1.807) is 0 Å². The van der Waals surface area contributed by atoms with Gasteiger partial charge in [-0.1, -0.05) is 0 Å². The number of aliphatic hydroxyl groups excluding tert-OH is 1. The van der Waals surface area contributed by atoms with Crippen LogP contribution in [0, 0.1) is 5.92 Å². The molecule has 0 aromatic carbocycles. The van der Waals surface area contributed by atoms with Crippen LogP contribution in [0.3, 0.4) is 0 Å². The number of fused-ring (bicyclic) bond motifs is 1. The Hall–Kier alpha value is -0.850. The van der Waals surface area contributed by atoms with Crippen LogP contribution in [0.15, 0.2) is 0 Å². The fraction of sp³-hybridized carbons (Fsp3) is 0.933. The highest BCUT2D eigenvalue weighted by atomic mass is 16.8. The van der Waals surface area contributed by atoms with Crippen molar-refractivity contribution in [2.24, 2.45) is 5.92 Å². The second-order valence-corrected chi connectivity index (χ2v) is 7.59. The third-order valence-electron chi connectivity index (χ3n) is 4.08. The van der Waals surface area contributed by atoms with Crippen molar-refractivity contribution in [3.05, 3.63) is 0 Å². The molecule has 1 heterocycles. The Morgan fingerprint density at radius 3 is 2.52 bits per heavy atom. The molecule has 122 valence electrons. The van der Waals surface area contributed by atoms with Gasteiger partial charge in [-0.3, -0.25) is 0 Å². The first-order valence-electron chi connectivity index (χ1n) is 7.45. The Morgan fingerprint density at radius 2 is 2.00 bits per heavy atom. The number of rotatable bonds is 2. The average Bonchev–Trinajstić information content (AvgIpc) is 2.64. The summed E-state index contributed by atoms with van der Waals surface area (Å²) in [5.74, 6) is -0.801. The van der Waals surface area contributed by atoms with Gasteiger partial charge in [0, 0.05) is 12.5 Å². The molecule has 21 heavy (non-hydrogen) atoms. The molecule has 0 radical (unpaired) electrons. The number of hydrogen-bond acceptors (Lipinski definition) is 5. The minimum Gasteiger partial charge on any atom is -0.444 e. The fourth-order valence-electron chi connectivity index (χ4n) is 3.35.